The monoisotopic (exact) mass is 489 g/mol. The number of aryl methyl sites for hydroxylation is 1. The highest BCUT2D eigenvalue weighted by atomic mass is 16.5. The summed E-state index contributed by atoms with van der Waals surface area (Å²) in [6, 6.07) is 1.83. The third-order valence-electron chi connectivity index (χ3n) is 8.58. The normalized spacial score (nSPS) is 37.5. The average molecular weight is 490 g/mol. The van der Waals surface area contributed by atoms with Crippen LogP contribution in [0, 0.1) is 35.5 Å². The van der Waals surface area contributed by atoms with Crippen molar-refractivity contribution in [1.82, 2.24) is 5.16 Å². The predicted octanol–water partition coefficient (Wildman–Crippen LogP) is 4.88. The van der Waals surface area contributed by atoms with Crippen molar-refractivity contribution < 1.29 is 29.1 Å². The number of aliphatic hydroxyl groups is 2. The molecule has 1 aromatic rings. The lowest BCUT2D eigenvalue weighted by atomic mass is 9.73. The standard InChI is InChI=1S/C28H43NO6/c1-16-9-8-10-28(7)15-20(28)13-22(17(2)11-21-12-18(3)35-29-21)34-24(31)14-23(30)27(5,6)26(33)19(4)25(16)32/h11-12,16,19-20,22-23,25,30,32H,8-10,13-15H2,1-7H3/b17-11+/t16-,19+,20+,22-,23-,25-,28-/m0/s1. The van der Waals surface area contributed by atoms with Crippen molar-refractivity contribution in [3.05, 3.63) is 23.1 Å². The van der Waals surface area contributed by atoms with E-state index in [1.807, 2.05) is 32.9 Å². The third-order valence-corrected chi connectivity index (χ3v) is 8.58. The Hall–Kier alpha value is -1.99. The van der Waals surface area contributed by atoms with E-state index in [4.69, 9.17) is 9.26 Å². The molecule has 1 aliphatic heterocycles. The van der Waals surface area contributed by atoms with Gasteiger partial charge in [0.05, 0.1) is 24.0 Å². The summed E-state index contributed by atoms with van der Waals surface area (Å²) < 4.78 is 11.1. The molecule has 0 radical (unpaired) electrons. The second-order valence-electron chi connectivity index (χ2n) is 12.0. The molecule has 1 saturated carbocycles. The van der Waals surface area contributed by atoms with Crippen LogP contribution in [0.15, 0.2) is 16.2 Å². The Balaban J connectivity index is 1.85. The molecule has 35 heavy (non-hydrogen) atoms. The first kappa shape index (κ1) is 27.6. The Morgan fingerprint density at radius 1 is 1.20 bits per heavy atom. The Bertz CT molecular complexity index is 949. The first-order valence-corrected chi connectivity index (χ1v) is 13.0. The molecule has 2 heterocycles. The SMILES string of the molecule is C/C(=C\c1cc(C)on1)[C@@H]1C[C@@H]2C[C@]2(C)CCC[C@H](C)[C@H](O)[C@@H](C)C(=O)C(C)(C)[C@@H](O)CC(=O)O1. The van der Waals surface area contributed by atoms with Crippen LogP contribution < -0.4 is 0 Å². The molecule has 7 nitrogen and oxygen atoms in total. The van der Waals surface area contributed by atoms with Crippen molar-refractivity contribution >= 4 is 17.8 Å². The molecule has 1 saturated heterocycles. The number of fused-ring (bicyclic) bond motifs is 1. The lowest BCUT2D eigenvalue weighted by molar-refractivity contribution is -0.154. The van der Waals surface area contributed by atoms with Crippen molar-refractivity contribution in [3.8, 4) is 0 Å². The summed E-state index contributed by atoms with van der Waals surface area (Å²) in [5.74, 6) is -0.304. The largest absolute Gasteiger partial charge is 0.458 e. The zero-order valence-electron chi connectivity index (χ0n) is 22.3. The number of Topliss-reactive ketones (excluding diaryl/α,β-unsaturated/α-hetero) is 1. The van der Waals surface area contributed by atoms with Crippen molar-refractivity contribution in [2.75, 3.05) is 0 Å². The predicted molar refractivity (Wildman–Crippen MR) is 133 cm³/mol. The van der Waals surface area contributed by atoms with E-state index in [0.29, 0.717) is 23.8 Å². The van der Waals surface area contributed by atoms with Crippen LogP contribution >= 0.6 is 0 Å². The summed E-state index contributed by atoms with van der Waals surface area (Å²) >= 11 is 0. The molecule has 0 aromatic carbocycles. The number of carbonyl (C=O) groups is 2. The van der Waals surface area contributed by atoms with Crippen LogP contribution in [0.5, 0.6) is 0 Å². The first-order valence-electron chi connectivity index (χ1n) is 13.0. The van der Waals surface area contributed by atoms with E-state index in [2.05, 4.69) is 12.1 Å². The minimum atomic E-state index is -1.21. The number of aliphatic hydroxyl groups excluding tert-OH is 2. The molecule has 3 rings (SSSR count). The van der Waals surface area contributed by atoms with Gasteiger partial charge in [0.1, 0.15) is 23.3 Å². The number of aromatic nitrogens is 1. The summed E-state index contributed by atoms with van der Waals surface area (Å²) in [5, 5.41) is 25.8. The van der Waals surface area contributed by atoms with E-state index >= 15 is 0 Å². The molecule has 1 aromatic heterocycles. The fourth-order valence-corrected chi connectivity index (χ4v) is 5.56. The lowest BCUT2D eigenvalue weighted by Gasteiger charge is -2.34. The van der Waals surface area contributed by atoms with Gasteiger partial charge in [0.2, 0.25) is 0 Å². The van der Waals surface area contributed by atoms with Crippen LogP contribution in [0.3, 0.4) is 0 Å². The fraction of sp³-hybridized carbons (Fsp3) is 0.750. The van der Waals surface area contributed by atoms with E-state index in [1.54, 1.807) is 20.8 Å². The molecule has 0 amide bonds. The molecular formula is C28H43NO6. The van der Waals surface area contributed by atoms with Gasteiger partial charge in [0.25, 0.3) is 0 Å². The van der Waals surface area contributed by atoms with E-state index in [-0.39, 0.29) is 23.5 Å². The Labute approximate surface area is 209 Å². The quantitative estimate of drug-likeness (QED) is 0.570. The number of hydrogen-bond donors (Lipinski definition) is 2. The Morgan fingerprint density at radius 2 is 1.89 bits per heavy atom. The van der Waals surface area contributed by atoms with Crippen LogP contribution in [0.2, 0.25) is 0 Å². The molecule has 7 atom stereocenters. The number of ketones is 1. The Kier molecular flexibility index (Phi) is 8.32. The fourth-order valence-electron chi connectivity index (χ4n) is 5.56. The van der Waals surface area contributed by atoms with Gasteiger partial charge in [-0.2, -0.15) is 0 Å². The number of rotatable bonds is 2. The second-order valence-corrected chi connectivity index (χ2v) is 12.0. The highest BCUT2D eigenvalue weighted by Crippen LogP contribution is 2.58. The van der Waals surface area contributed by atoms with Gasteiger partial charge in [0, 0.05) is 12.0 Å². The first-order chi connectivity index (χ1) is 16.2. The van der Waals surface area contributed by atoms with Crippen molar-refractivity contribution in [3.63, 3.8) is 0 Å². The van der Waals surface area contributed by atoms with Gasteiger partial charge < -0.3 is 19.5 Å². The minimum Gasteiger partial charge on any atom is -0.458 e. The highest BCUT2D eigenvalue weighted by molar-refractivity contribution is 5.88. The van der Waals surface area contributed by atoms with E-state index in [1.165, 1.54) is 0 Å². The van der Waals surface area contributed by atoms with Gasteiger partial charge in [-0.15, -0.1) is 0 Å². The summed E-state index contributed by atoms with van der Waals surface area (Å²) in [7, 11) is 0. The van der Waals surface area contributed by atoms with Crippen molar-refractivity contribution in [1.29, 1.82) is 0 Å². The number of esters is 1. The van der Waals surface area contributed by atoms with Gasteiger partial charge in [-0.3, -0.25) is 9.59 Å². The molecule has 2 N–H and O–H groups in total. The van der Waals surface area contributed by atoms with Crippen LogP contribution in [-0.4, -0.2) is 45.4 Å². The number of nitrogens with zero attached hydrogens (tertiary/aromatic N) is 1. The molecule has 2 aliphatic rings. The van der Waals surface area contributed by atoms with Gasteiger partial charge in [0.15, 0.2) is 0 Å². The molecule has 0 bridgehead atoms. The van der Waals surface area contributed by atoms with Gasteiger partial charge >= 0.3 is 5.97 Å². The zero-order chi connectivity index (χ0) is 26.1. The van der Waals surface area contributed by atoms with Crippen LogP contribution in [-0.2, 0) is 14.3 Å². The molecular weight excluding hydrogens is 446 g/mol. The minimum absolute atomic E-state index is 0.0237. The number of hydrogen-bond acceptors (Lipinski definition) is 7. The van der Waals surface area contributed by atoms with Crippen LogP contribution in [0.4, 0.5) is 0 Å². The summed E-state index contributed by atoms with van der Waals surface area (Å²) in [6.45, 7) is 13.0. The number of cyclic esters (lactones) is 1. The molecule has 1 aliphatic carbocycles. The smallest absolute Gasteiger partial charge is 0.309 e. The maximum absolute atomic E-state index is 13.2. The van der Waals surface area contributed by atoms with E-state index in [0.717, 1.165) is 31.3 Å². The molecule has 0 spiro atoms. The van der Waals surface area contributed by atoms with Crippen molar-refractivity contribution in [2.24, 2.45) is 28.6 Å². The summed E-state index contributed by atoms with van der Waals surface area (Å²) in [6.07, 6.45) is 3.77. The van der Waals surface area contributed by atoms with Gasteiger partial charge in [-0.05, 0) is 68.4 Å². The lowest BCUT2D eigenvalue weighted by Crippen LogP contribution is -2.45. The van der Waals surface area contributed by atoms with Crippen molar-refractivity contribution in [2.45, 2.75) is 105 Å². The molecule has 2 fully saturated rings. The Morgan fingerprint density at radius 3 is 2.51 bits per heavy atom. The van der Waals surface area contributed by atoms with Gasteiger partial charge in [-0.1, -0.05) is 46.2 Å². The summed E-state index contributed by atoms with van der Waals surface area (Å²) in [4.78, 5) is 26.2. The maximum atomic E-state index is 13.2. The third kappa shape index (κ3) is 6.42. The van der Waals surface area contributed by atoms with Crippen LogP contribution in [0.25, 0.3) is 6.08 Å². The molecule has 196 valence electrons. The van der Waals surface area contributed by atoms with Crippen LogP contribution in [0.1, 0.15) is 91.5 Å². The second kappa shape index (κ2) is 10.6. The molecule has 0 unspecified atom stereocenters. The number of ether oxygens (including phenoxy) is 1. The average Bonchev–Trinajstić information content (AvgIpc) is 3.22. The van der Waals surface area contributed by atoms with Gasteiger partial charge in [-0.25, -0.2) is 0 Å². The topological polar surface area (TPSA) is 110 Å². The van der Waals surface area contributed by atoms with E-state index < -0.39 is 35.6 Å². The molecule has 7 heteroatoms. The maximum Gasteiger partial charge on any atom is 0.309 e. The number of carbonyl (C=O) groups excluding carboxylic acids is 2. The zero-order valence-corrected chi connectivity index (χ0v) is 22.3. The highest BCUT2D eigenvalue weighted by Gasteiger charge is 2.50. The summed E-state index contributed by atoms with van der Waals surface area (Å²) in [5.41, 5.74) is 0.538. The van der Waals surface area contributed by atoms with E-state index in [9.17, 15) is 19.8 Å².